The van der Waals surface area contributed by atoms with Gasteiger partial charge in [0.05, 0.1) is 24.5 Å². The van der Waals surface area contributed by atoms with Gasteiger partial charge in [0, 0.05) is 6.61 Å². The summed E-state index contributed by atoms with van der Waals surface area (Å²) in [5.41, 5.74) is 0.754. The molecule has 0 amide bonds. The molecule has 1 saturated carbocycles. The average Bonchev–Trinajstić information content (AvgIpc) is 2.64. The van der Waals surface area contributed by atoms with Crippen LogP contribution < -0.4 is 4.74 Å². The van der Waals surface area contributed by atoms with Crippen molar-refractivity contribution in [2.75, 3.05) is 13.2 Å². The number of aliphatic carboxylic acids is 1. The highest BCUT2D eigenvalue weighted by Gasteiger charge is 2.41. The van der Waals surface area contributed by atoms with Crippen molar-refractivity contribution in [1.82, 2.24) is 0 Å². The van der Waals surface area contributed by atoms with E-state index in [0.29, 0.717) is 31.8 Å². The van der Waals surface area contributed by atoms with Crippen molar-refractivity contribution in [2.24, 2.45) is 17.8 Å². The maximum Gasteiger partial charge on any atom is 0.391 e. The van der Waals surface area contributed by atoms with E-state index in [9.17, 15) is 23.1 Å². The molecule has 0 saturated heterocycles. The maximum atomic E-state index is 12.7. The molecule has 0 aromatic heterocycles. The Morgan fingerprint density at radius 2 is 1.78 bits per heavy atom. The van der Waals surface area contributed by atoms with E-state index < -0.39 is 30.1 Å². The first-order valence-corrected chi connectivity index (χ1v) is 9.36. The van der Waals surface area contributed by atoms with Gasteiger partial charge in [-0.05, 0) is 63.1 Å². The van der Waals surface area contributed by atoms with E-state index in [2.05, 4.69) is 0 Å². The molecule has 0 spiro atoms. The monoisotopic (exact) mass is 388 g/mol. The lowest BCUT2D eigenvalue weighted by atomic mass is 9.82. The third-order valence-corrected chi connectivity index (χ3v) is 5.19. The SMILES string of the molecule is CCO[C@H](c1ccc(OC[C@H]2CC[C@@H](C(F)(F)F)CC2)cc1)C(C)C(=O)O. The van der Waals surface area contributed by atoms with Crippen molar-refractivity contribution in [3.8, 4) is 5.75 Å². The summed E-state index contributed by atoms with van der Waals surface area (Å²) >= 11 is 0. The van der Waals surface area contributed by atoms with Gasteiger partial charge < -0.3 is 14.6 Å². The van der Waals surface area contributed by atoms with Crippen LogP contribution in [0.3, 0.4) is 0 Å². The van der Waals surface area contributed by atoms with Crippen molar-refractivity contribution in [3.05, 3.63) is 29.8 Å². The highest BCUT2D eigenvalue weighted by molar-refractivity contribution is 5.70. The number of carboxylic acids is 1. The quantitative estimate of drug-likeness (QED) is 0.662. The zero-order valence-electron chi connectivity index (χ0n) is 15.7. The maximum absolute atomic E-state index is 12.7. The largest absolute Gasteiger partial charge is 0.493 e. The van der Waals surface area contributed by atoms with Gasteiger partial charge in [-0.3, -0.25) is 4.79 Å². The minimum Gasteiger partial charge on any atom is -0.493 e. The average molecular weight is 388 g/mol. The molecule has 4 nitrogen and oxygen atoms in total. The van der Waals surface area contributed by atoms with E-state index in [1.54, 1.807) is 31.2 Å². The predicted molar refractivity (Wildman–Crippen MR) is 94.6 cm³/mol. The lowest BCUT2D eigenvalue weighted by Crippen LogP contribution is -2.29. The Morgan fingerprint density at radius 3 is 2.26 bits per heavy atom. The molecule has 0 aliphatic heterocycles. The highest BCUT2D eigenvalue weighted by Crippen LogP contribution is 2.39. The van der Waals surface area contributed by atoms with Crippen LogP contribution in [0.15, 0.2) is 24.3 Å². The smallest absolute Gasteiger partial charge is 0.391 e. The summed E-state index contributed by atoms with van der Waals surface area (Å²) in [5.74, 6) is -2.04. The van der Waals surface area contributed by atoms with Gasteiger partial charge in [-0.2, -0.15) is 13.2 Å². The second-order valence-corrected chi connectivity index (χ2v) is 7.14. The number of hydrogen-bond donors (Lipinski definition) is 1. The van der Waals surface area contributed by atoms with Crippen LogP contribution >= 0.6 is 0 Å². The summed E-state index contributed by atoms with van der Waals surface area (Å²) in [6.45, 7) is 4.21. The topological polar surface area (TPSA) is 55.8 Å². The van der Waals surface area contributed by atoms with E-state index in [0.717, 1.165) is 5.56 Å². The van der Waals surface area contributed by atoms with E-state index >= 15 is 0 Å². The Labute approximate surface area is 157 Å². The fraction of sp³-hybridized carbons (Fsp3) is 0.650. The number of rotatable bonds is 8. The minimum absolute atomic E-state index is 0.131. The van der Waals surface area contributed by atoms with Crippen molar-refractivity contribution >= 4 is 5.97 Å². The molecule has 152 valence electrons. The summed E-state index contributed by atoms with van der Waals surface area (Å²) < 4.78 is 49.4. The van der Waals surface area contributed by atoms with E-state index in [-0.39, 0.29) is 18.8 Å². The number of halogens is 3. The third-order valence-electron chi connectivity index (χ3n) is 5.19. The Hall–Kier alpha value is -1.76. The lowest BCUT2D eigenvalue weighted by molar-refractivity contribution is -0.184. The number of carbonyl (C=O) groups is 1. The summed E-state index contributed by atoms with van der Waals surface area (Å²) in [4.78, 5) is 11.2. The van der Waals surface area contributed by atoms with Crippen LogP contribution in [0.2, 0.25) is 0 Å². The minimum atomic E-state index is -4.09. The Morgan fingerprint density at radius 1 is 1.19 bits per heavy atom. The van der Waals surface area contributed by atoms with Crippen molar-refractivity contribution in [1.29, 1.82) is 0 Å². The first kappa shape index (κ1) is 21.5. The van der Waals surface area contributed by atoms with Gasteiger partial charge in [0.25, 0.3) is 0 Å². The van der Waals surface area contributed by atoms with Crippen molar-refractivity contribution < 1.29 is 32.5 Å². The molecule has 2 rings (SSSR count). The van der Waals surface area contributed by atoms with E-state index in [1.165, 1.54) is 0 Å². The highest BCUT2D eigenvalue weighted by atomic mass is 19.4. The van der Waals surface area contributed by atoms with Gasteiger partial charge in [0.1, 0.15) is 5.75 Å². The number of carboxylic acid groups (broad SMARTS) is 1. The molecule has 0 bridgehead atoms. The number of benzene rings is 1. The van der Waals surface area contributed by atoms with Gasteiger partial charge in [-0.1, -0.05) is 12.1 Å². The van der Waals surface area contributed by atoms with Crippen LogP contribution in [0.5, 0.6) is 5.75 Å². The van der Waals surface area contributed by atoms with Crippen LogP contribution in [0.25, 0.3) is 0 Å². The summed E-state index contributed by atoms with van der Waals surface area (Å²) in [7, 11) is 0. The van der Waals surface area contributed by atoms with Gasteiger partial charge in [-0.15, -0.1) is 0 Å². The Balaban J connectivity index is 1.88. The number of alkyl halides is 3. The molecule has 0 heterocycles. The molecule has 1 aliphatic rings. The zero-order valence-corrected chi connectivity index (χ0v) is 15.7. The van der Waals surface area contributed by atoms with Gasteiger partial charge >= 0.3 is 12.1 Å². The molecule has 7 heteroatoms. The number of ether oxygens (including phenoxy) is 2. The molecule has 1 fully saturated rings. The molecule has 2 atom stereocenters. The fourth-order valence-electron chi connectivity index (χ4n) is 3.46. The lowest BCUT2D eigenvalue weighted by Gasteiger charge is -2.29. The normalized spacial score (nSPS) is 22.9. The molecule has 1 unspecified atom stereocenters. The van der Waals surface area contributed by atoms with E-state index in [4.69, 9.17) is 9.47 Å². The summed E-state index contributed by atoms with van der Waals surface area (Å²) in [6.07, 6.45) is -3.26. The van der Waals surface area contributed by atoms with Gasteiger partial charge in [-0.25, -0.2) is 0 Å². The number of hydrogen-bond acceptors (Lipinski definition) is 3. The second-order valence-electron chi connectivity index (χ2n) is 7.14. The van der Waals surface area contributed by atoms with Gasteiger partial charge in [0.15, 0.2) is 0 Å². The van der Waals surface area contributed by atoms with Crippen LogP contribution in [0.4, 0.5) is 13.2 Å². The molecule has 1 aromatic rings. The first-order chi connectivity index (χ1) is 12.7. The van der Waals surface area contributed by atoms with Gasteiger partial charge in [0.2, 0.25) is 0 Å². The van der Waals surface area contributed by atoms with Crippen LogP contribution in [-0.4, -0.2) is 30.5 Å². The zero-order chi connectivity index (χ0) is 20.0. The Kier molecular flexibility index (Phi) is 7.53. The summed E-state index contributed by atoms with van der Waals surface area (Å²) in [5, 5.41) is 9.22. The van der Waals surface area contributed by atoms with Crippen LogP contribution in [-0.2, 0) is 9.53 Å². The van der Waals surface area contributed by atoms with Crippen molar-refractivity contribution in [3.63, 3.8) is 0 Å². The fourth-order valence-corrected chi connectivity index (χ4v) is 3.46. The molecule has 1 aromatic carbocycles. The standard InChI is InChI=1S/C20H27F3O4/c1-3-26-18(13(2)19(24)25)15-6-10-17(11-7-15)27-12-14-4-8-16(9-5-14)20(21,22)23/h6-7,10-11,13-14,16,18H,3-5,8-9,12H2,1-2H3,(H,24,25)/t13?,14-,16+,18-/m0/s1. The molecule has 1 N–H and O–H groups in total. The van der Waals surface area contributed by atoms with Crippen LogP contribution in [0.1, 0.15) is 51.2 Å². The molecule has 1 aliphatic carbocycles. The van der Waals surface area contributed by atoms with Crippen LogP contribution in [0, 0.1) is 17.8 Å². The molecule has 27 heavy (non-hydrogen) atoms. The summed E-state index contributed by atoms with van der Waals surface area (Å²) in [6, 6.07) is 7.04. The molecular formula is C20H27F3O4. The first-order valence-electron chi connectivity index (χ1n) is 9.36. The predicted octanol–water partition coefficient (Wildman–Crippen LogP) is 5.23. The Bertz CT molecular complexity index is 592. The molecular weight excluding hydrogens is 361 g/mol. The van der Waals surface area contributed by atoms with E-state index in [1.807, 2.05) is 6.92 Å². The second kappa shape index (κ2) is 9.44. The van der Waals surface area contributed by atoms with Crippen molar-refractivity contribution in [2.45, 2.75) is 51.8 Å². The third kappa shape index (κ3) is 6.13. The molecule has 0 radical (unpaired) electrons.